The van der Waals surface area contributed by atoms with Gasteiger partial charge in [-0.1, -0.05) is 23.8 Å². The number of aromatic nitrogens is 2. The third kappa shape index (κ3) is 5.23. The van der Waals surface area contributed by atoms with Crippen LogP contribution in [0.4, 0.5) is 15.8 Å². The van der Waals surface area contributed by atoms with E-state index in [4.69, 9.17) is 10.8 Å². The van der Waals surface area contributed by atoms with Crippen molar-refractivity contribution in [2.75, 3.05) is 23.3 Å². The average Bonchev–Trinajstić information content (AvgIpc) is 3.35. The number of rotatable bonds is 6. The second-order valence-electron chi connectivity index (χ2n) is 9.28. The van der Waals surface area contributed by atoms with Gasteiger partial charge in [0, 0.05) is 30.4 Å². The van der Waals surface area contributed by atoms with Crippen LogP contribution in [0.25, 0.3) is 16.9 Å². The van der Waals surface area contributed by atoms with Gasteiger partial charge in [-0.3, -0.25) is 9.59 Å². The lowest BCUT2D eigenvalue weighted by molar-refractivity contribution is 0.0996. The highest BCUT2D eigenvalue weighted by Gasteiger charge is 2.22. The summed E-state index contributed by atoms with van der Waals surface area (Å²) in [6.07, 6.45) is 4.93. The molecule has 2 amide bonds. The van der Waals surface area contributed by atoms with Crippen molar-refractivity contribution >= 4 is 23.2 Å². The number of primary amides is 1. The van der Waals surface area contributed by atoms with Crippen LogP contribution >= 0.6 is 0 Å². The highest BCUT2D eigenvalue weighted by molar-refractivity contribution is 6.10. The van der Waals surface area contributed by atoms with Crippen molar-refractivity contribution in [1.29, 1.82) is 0 Å². The fourth-order valence-electron chi connectivity index (χ4n) is 4.66. The van der Waals surface area contributed by atoms with E-state index in [0.29, 0.717) is 28.2 Å². The molecule has 1 aliphatic rings. The first kappa shape index (κ1) is 24.2. The molecule has 3 N–H and O–H groups in total. The first-order valence-electron chi connectivity index (χ1n) is 12.3. The van der Waals surface area contributed by atoms with E-state index in [1.165, 1.54) is 18.6 Å². The number of carbonyl (C=O) groups is 2. The molecular weight excluding hydrogens is 469 g/mol. The second kappa shape index (κ2) is 10.3. The summed E-state index contributed by atoms with van der Waals surface area (Å²) in [6, 6.07) is 18.8. The molecule has 0 spiro atoms. The molecule has 0 radical (unpaired) electrons. The van der Waals surface area contributed by atoms with Crippen molar-refractivity contribution < 1.29 is 14.0 Å². The van der Waals surface area contributed by atoms with E-state index in [-0.39, 0.29) is 11.7 Å². The van der Waals surface area contributed by atoms with Crippen LogP contribution in [0.15, 0.2) is 72.9 Å². The van der Waals surface area contributed by atoms with Gasteiger partial charge in [0.2, 0.25) is 5.91 Å². The zero-order valence-corrected chi connectivity index (χ0v) is 20.6. The molecule has 0 atom stereocenters. The predicted molar refractivity (Wildman–Crippen MR) is 143 cm³/mol. The van der Waals surface area contributed by atoms with E-state index in [9.17, 15) is 14.0 Å². The van der Waals surface area contributed by atoms with Crippen molar-refractivity contribution in [3.63, 3.8) is 0 Å². The number of benzene rings is 3. The third-order valence-corrected chi connectivity index (χ3v) is 6.57. The number of amides is 2. The van der Waals surface area contributed by atoms with Crippen molar-refractivity contribution in [1.82, 2.24) is 9.78 Å². The number of hydrogen-bond acceptors (Lipinski definition) is 4. The lowest BCUT2D eigenvalue weighted by Crippen LogP contribution is -2.30. The van der Waals surface area contributed by atoms with Crippen LogP contribution in [0.2, 0.25) is 0 Å². The Morgan fingerprint density at radius 1 is 0.973 bits per heavy atom. The van der Waals surface area contributed by atoms with E-state index < -0.39 is 5.91 Å². The van der Waals surface area contributed by atoms with Gasteiger partial charge in [-0.15, -0.1) is 0 Å². The number of nitrogens with zero attached hydrogens (tertiary/aromatic N) is 3. The number of nitrogens with one attached hydrogen (secondary N) is 1. The van der Waals surface area contributed by atoms with Crippen LogP contribution in [-0.4, -0.2) is 34.7 Å². The lowest BCUT2D eigenvalue weighted by atomic mass is 10.0. The first-order valence-corrected chi connectivity index (χ1v) is 12.3. The van der Waals surface area contributed by atoms with Crippen molar-refractivity contribution in [3.05, 3.63) is 95.4 Å². The molecule has 0 aliphatic carbocycles. The Morgan fingerprint density at radius 3 is 2.43 bits per heavy atom. The van der Waals surface area contributed by atoms with Crippen LogP contribution in [0.3, 0.4) is 0 Å². The van der Waals surface area contributed by atoms with Gasteiger partial charge in [0.05, 0.1) is 22.6 Å². The Labute approximate surface area is 214 Å². The summed E-state index contributed by atoms with van der Waals surface area (Å²) in [5.41, 5.74) is 10.5. The molecule has 1 aromatic heterocycles. The Kier molecular flexibility index (Phi) is 6.72. The average molecular weight is 498 g/mol. The molecule has 4 aromatic rings. The fraction of sp³-hybridized carbons (Fsp3) is 0.207. The van der Waals surface area contributed by atoms with Crippen molar-refractivity contribution in [2.24, 2.45) is 5.73 Å². The number of halogens is 1. The second-order valence-corrected chi connectivity index (χ2v) is 9.28. The standard InChI is InChI=1S/C29H28FN5O2/c1-19-6-5-7-20(16-19)27-24(18-35(33-27)23-11-9-22(30)10-12-23)29(37)32-25-17-21(28(31)36)8-13-26(25)34-14-3-2-4-15-34/h5-13,16-18H,2-4,14-15H2,1H3,(H2,31,36)(H,32,37). The summed E-state index contributed by atoms with van der Waals surface area (Å²) in [5, 5.41) is 7.71. The number of carbonyl (C=O) groups excluding carboxylic acids is 2. The maximum atomic E-state index is 13.7. The Morgan fingerprint density at radius 2 is 1.73 bits per heavy atom. The molecule has 37 heavy (non-hydrogen) atoms. The molecule has 3 aromatic carbocycles. The summed E-state index contributed by atoms with van der Waals surface area (Å²) < 4.78 is 15.1. The molecule has 188 valence electrons. The minimum Gasteiger partial charge on any atom is -0.370 e. The highest BCUT2D eigenvalue weighted by atomic mass is 19.1. The van der Waals surface area contributed by atoms with Gasteiger partial charge >= 0.3 is 0 Å². The Hall–Kier alpha value is -4.46. The maximum Gasteiger partial charge on any atom is 0.259 e. The van der Waals surface area contributed by atoms with Gasteiger partial charge in [0.1, 0.15) is 11.5 Å². The zero-order chi connectivity index (χ0) is 25.9. The fourth-order valence-corrected chi connectivity index (χ4v) is 4.66. The highest BCUT2D eigenvalue weighted by Crippen LogP contribution is 2.32. The van der Waals surface area contributed by atoms with Crippen molar-refractivity contribution in [3.8, 4) is 16.9 Å². The molecule has 5 rings (SSSR count). The van der Waals surface area contributed by atoms with Gasteiger partial charge in [-0.05, 0) is 74.7 Å². The minimum absolute atomic E-state index is 0.317. The Bertz CT molecular complexity index is 1460. The topological polar surface area (TPSA) is 93.2 Å². The van der Waals surface area contributed by atoms with Crippen molar-refractivity contribution in [2.45, 2.75) is 26.2 Å². The van der Waals surface area contributed by atoms with E-state index in [0.717, 1.165) is 42.7 Å². The predicted octanol–water partition coefficient (Wildman–Crippen LogP) is 5.33. The quantitative estimate of drug-likeness (QED) is 0.377. The molecule has 1 aliphatic heterocycles. The summed E-state index contributed by atoms with van der Waals surface area (Å²) >= 11 is 0. The van der Waals surface area contributed by atoms with E-state index in [1.54, 1.807) is 35.1 Å². The maximum absolute atomic E-state index is 13.7. The molecule has 7 nitrogen and oxygen atoms in total. The molecule has 0 saturated carbocycles. The largest absolute Gasteiger partial charge is 0.370 e. The molecule has 1 fully saturated rings. The summed E-state index contributed by atoms with van der Waals surface area (Å²) in [6.45, 7) is 3.71. The summed E-state index contributed by atoms with van der Waals surface area (Å²) in [4.78, 5) is 27.9. The number of anilines is 2. The van der Waals surface area contributed by atoms with Crippen LogP contribution in [0, 0.1) is 12.7 Å². The number of piperidine rings is 1. The number of hydrogen-bond donors (Lipinski definition) is 2. The van der Waals surface area contributed by atoms with Gasteiger partial charge in [0.15, 0.2) is 0 Å². The molecule has 8 heteroatoms. The first-order chi connectivity index (χ1) is 17.9. The van der Waals surface area contributed by atoms with Crippen LogP contribution < -0.4 is 16.0 Å². The van der Waals surface area contributed by atoms with Gasteiger partial charge in [-0.2, -0.15) is 5.10 Å². The molecule has 1 saturated heterocycles. The van der Waals surface area contributed by atoms with Gasteiger partial charge in [0.25, 0.3) is 5.91 Å². The lowest BCUT2D eigenvalue weighted by Gasteiger charge is -2.30. The summed E-state index contributed by atoms with van der Waals surface area (Å²) in [5.74, 6) is -1.29. The molecule has 2 heterocycles. The van der Waals surface area contributed by atoms with Crippen LogP contribution in [0.1, 0.15) is 45.5 Å². The van der Waals surface area contributed by atoms with Crippen LogP contribution in [-0.2, 0) is 0 Å². The zero-order valence-electron chi connectivity index (χ0n) is 20.6. The van der Waals surface area contributed by atoms with E-state index in [2.05, 4.69) is 10.2 Å². The Balaban J connectivity index is 1.56. The van der Waals surface area contributed by atoms with E-state index in [1.807, 2.05) is 37.3 Å². The smallest absolute Gasteiger partial charge is 0.259 e. The normalized spacial score (nSPS) is 13.4. The third-order valence-electron chi connectivity index (χ3n) is 6.57. The SMILES string of the molecule is Cc1cccc(-c2nn(-c3ccc(F)cc3)cc2C(=O)Nc2cc(C(N)=O)ccc2N2CCCCC2)c1. The molecule has 0 bridgehead atoms. The monoisotopic (exact) mass is 497 g/mol. The number of aryl methyl sites for hydroxylation is 1. The van der Waals surface area contributed by atoms with Crippen LogP contribution in [0.5, 0.6) is 0 Å². The minimum atomic E-state index is -0.565. The van der Waals surface area contributed by atoms with E-state index >= 15 is 0 Å². The van der Waals surface area contributed by atoms with Gasteiger partial charge in [-0.25, -0.2) is 9.07 Å². The summed E-state index contributed by atoms with van der Waals surface area (Å²) in [7, 11) is 0. The van der Waals surface area contributed by atoms with Gasteiger partial charge < -0.3 is 16.0 Å². The molecular formula is C29H28FN5O2. The molecule has 0 unspecified atom stereocenters. The number of nitrogens with two attached hydrogens (primary N) is 1.